The van der Waals surface area contributed by atoms with Crippen LogP contribution in [0.2, 0.25) is 0 Å². The summed E-state index contributed by atoms with van der Waals surface area (Å²) >= 11 is 1.67. The van der Waals surface area contributed by atoms with E-state index in [1.807, 2.05) is 43.3 Å². The predicted octanol–water partition coefficient (Wildman–Crippen LogP) is 5.07. The molecule has 1 saturated heterocycles. The Morgan fingerprint density at radius 1 is 1.00 bits per heavy atom. The molecule has 5 rings (SSSR count). The number of piperidine rings is 1. The Hall–Kier alpha value is -3.25. The summed E-state index contributed by atoms with van der Waals surface area (Å²) in [6.07, 6.45) is 1.79. The van der Waals surface area contributed by atoms with Crippen molar-refractivity contribution in [3.63, 3.8) is 0 Å². The first-order valence-corrected chi connectivity index (χ1v) is 11.5. The second-order valence-electron chi connectivity index (χ2n) is 7.89. The van der Waals surface area contributed by atoms with Gasteiger partial charge in [-0.2, -0.15) is 0 Å². The lowest BCUT2D eigenvalue weighted by atomic mass is 10.0. The fourth-order valence-corrected chi connectivity index (χ4v) is 5.17. The number of rotatable bonds is 4. The third-order valence-electron chi connectivity index (χ3n) is 5.78. The standard InChI is InChI=1S/C25H24N4OS/c1-17-26-23(22-21(16-31-25(22)27-17)18-8-4-2-5-9-18)29-14-12-20(13-15-29)28-24(30)19-10-6-3-7-11-19/h2-11,16,20H,12-15H2,1H3,(H,28,30). The summed E-state index contributed by atoms with van der Waals surface area (Å²) in [5.74, 6) is 1.81. The van der Waals surface area contributed by atoms with Crippen molar-refractivity contribution < 1.29 is 4.79 Å². The predicted molar refractivity (Wildman–Crippen MR) is 127 cm³/mol. The minimum absolute atomic E-state index is 0.00326. The SMILES string of the molecule is Cc1nc(N2CCC(NC(=O)c3ccccc3)CC2)c2c(-c3ccccc3)csc2n1. The smallest absolute Gasteiger partial charge is 0.251 e. The quantitative estimate of drug-likeness (QED) is 0.493. The minimum atomic E-state index is 0.00326. The van der Waals surface area contributed by atoms with Crippen LogP contribution >= 0.6 is 11.3 Å². The number of amides is 1. The van der Waals surface area contributed by atoms with Crippen LogP contribution in [0.15, 0.2) is 66.0 Å². The van der Waals surface area contributed by atoms with Crippen LogP contribution in [0.3, 0.4) is 0 Å². The molecule has 0 bridgehead atoms. The Morgan fingerprint density at radius 3 is 2.39 bits per heavy atom. The number of hydrogen-bond donors (Lipinski definition) is 1. The van der Waals surface area contributed by atoms with Crippen LogP contribution in [0.5, 0.6) is 0 Å². The van der Waals surface area contributed by atoms with Gasteiger partial charge in [0.05, 0.1) is 5.39 Å². The van der Waals surface area contributed by atoms with Crippen LogP contribution in [0.1, 0.15) is 29.0 Å². The van der Waals surface area contributed by atoms with Gasteiger partial charge < -0.3 is 10.2 Å². The van der Waals surface area contributed by atoms with Gasteiger partial charge in [0, 0.05) is 35.6 Å². The molecule has 31 heavy (non-hydrogen) atoms. The molecule has 3 heterocycles. The summed E-state index contributed by atoms with van der Waals surface area (Å²) < 4.78 is 0. The van der Waals surface area contributed by atoms with Gasteiger partial charge in [0.1, 0.15) is 16.5 Å². The van der Waals surface area contributed by atoms with E-state index in [1.165, 1.54) is 11.1 Å². The Kier molecular flexibility index (Phi) is 5.38. The molecule has 0 atom stereocenters. The molecule has 1 fully saturated rings. The highest BCUT2D eigenvalue weighted by Crippen LogP contribution is 2.38. The molecule has 156 valence electrons. The number of aromatic nitrogens is 2. The Labute approximate surface area is 185 Å². The minimum Gasteiger partial charge on any atom is -0.356 e. The number of carbonyl (C=O) groups is 1. The number of nitrogens with zero attached hydrogens (tertiary/aromatic N) is 3. The lowest BCUT2D eigenvalue weighted by molar-refractivity contribution is 0.0931. The fourth-order valence-electron chi connectivity index (χ4n) is 4.18. The van der Waals surface area contributed by atoms with Crippen LogP contribution < -0.4 is 10.2 Å². The highest BCUT2D eigenvalue weighted by molar-refractivity contribution is 7.17. The van der Waals surface area contributed by atoms with Crippen molar-refractivity contribution in [2.75, 3.05) is 18.0 Å². The maximum Gasteiger partial charge on any atom is 0.251 e. The molecule has 2 aromatic carbocycles. The van der Waals surface area contributed by atoms with Gasteiger partial charge in [-0.15, -0.1) is 11.3 Å². The molecule has 6 heteroatoms. The number of aryl methyl sites for hydroxylation is 1. The van der Waals surface area contributed by atoms with Gasteiger partial charge in [0.2, 0.25) is 0 Å². The van der Waals surface area contributed by atoms with E-state index < -0.39 is 0 Å². The second kappa shape index (κ2) is 8.47. The topological polar surface area (TPSA) is 58.1 Å². The summed E-state index contributed by atoms with van der Waals surface area (Å²) in [4.78, 5) is 25.4. The molecule has 0 aliphatic carbocycles. The molecule has 1 aliphatic heterocycles. The monoisotopic (exact) mass is 428 g/mol. The Bertz CT molecular complexity index is 1200. The third kappa shape index (κ3) is 4.03. The Balaban J connectivity index is 1.37. The summed E-state index contributed by atoms with van der Waals surface area (Å²) in [7, 11) is 0. The van der Waals surface area contributed by atoms with E-state index in [9.17, 15) is 4.79 Å². The van der Waals surface area contributed by atoms with Crippen molar-refractivity contribution in [2.45, 2.75) is 25.8 Å². The van der Waals surface area contributed by atoms with E-state index in [0.717, 1.165) is 47.8 Å². The van der Waals surface area contributed by atoms with Crippen molar-refractivity contribution in [1.29, 1.82) is 0 Å². The molecule has 0 spiro atoms. The highest BCUT2D eigenvalue weighted by atomic mass is 32.1. The summed E-state index contributed by atoms with van der Waals surface area (Å²) in [6.45, 7) is 3.67. The largest absolute Gasteiger partial charge is 0.356 e. The third-order valence-corrected chi connectivity index (χ3v) is 6.65. The average Bonchev–Trinajstić information content (AvgIpc) is 3.24. The van der Waals surface area contributed by atoms with Gasteiger partial charge in [-0.3, -0.25) is 4.79 Å². The second-order valence-corrected chi connectivity index (χ2v) is 8.75. The zero-order valence-electron chi connectivity index (χ0n) is 17.4. The average molecular weight is 429 g/mol. The molecule has 0 saturated carbocycles. The lowest BCUT2D eigenvalue weighted by Gasteiger charge is -2.33. The first-order valence-electron chi connectivity index (χ1n) is 10.6. The van der Waals surface area contributed by atoms with E-state index in [4.69, 9.17) is 4.98 Å². The van der Waals surface area contributed by atoms with Crippen LogP contribution in [-0.4, -0.2) is 35.0 Å². The summed E-state index contributed by atoms with van der Waals surface area (Å²) in [5, 5.41) is 6.51. The van der Waals surface area contributed by atoms with Gasteiger partial charge >= 0.3 is 0 Å². The maximum absolute atomic E-state index is 12.5. The molecule has 4 aromatic rings. The number of hydrogen-bond acceptors (Lipinski definition) is 5. The van der Waals surface area contributed by atoms with E-state index in [2.05, 4.69) is 44.8 Å². The molecule has 1 aliphatic rings. The fraction of sp³-hybridized carbons (Fsp3) is 0.240. The van der Waals surface area contributed by atoms with Crippen LogP contribution in [0, 0.1) is 6.92 Å². The molecule has 5 nitrogen and oxygen atoms in total. The van der Waals surface area contributed by atoms with Crippen molar-refractivity contribution in [1.82, 2.24) is 15.3 Å². The van der Waals surface area contributed by atoms with Gasteiger partial charge in [-0.05, 0) is 37.5 Å². The number of fused-ring (bicyclic) bond motifs is 1. The molecular weight excluding hydrogens is 404 g/mol. The number of benzene rings is 2. The van der Waals surface area contributed by atoms with Crippen molar-refractivity contribution in [2.24, 2.45) is 0 Å². The number of thiophene rings is 1. The summed E-state index contributed by atoms with van der Waals surface area (Å²) in [5.41, 5.74) is 3.09. The Morgan fingerprint density at radius 2 is 1.68 bits per heavy atom. The van der Waals surface area contributed by atoms with E-state index >= 15 is 0 Å². The first-order chi connectivity index (χ1) is 15.2. The summed E-state index contributed by atoms with van der Waals surface area (Å²) in [6, 6.07) is 20.0. The van der Waals surface area contributed by atoms with Crippen molar-refractivity contribution in [3.05, 3.63) is 77.4 Å². The molecule has 0 unspecified atom stereocenters. The molecular formula is C25H24N4OS. The number of anilines is 1. The molecule has 2 aromatic heterocycles. The zero-order valence-corrected chi connectivity index (χ0v) is 18.2. The molecule has 1 N–H and O–H groups in total. The van der Waals surface area contributed by atoms with Gasteiger partial charge in [-0.1, -0.05) is 48.5 Å². The molecule has 0 radical (unpaired) electrons. The lowest BCUT2D eigenvalue weighted by Crippen LogP contribution is -2.45. The van der Waals surface area contributed by atoms with E-state index in [-0.39, 0.29) is 11.9 Å². The van der Waals surface area contributed by atoms with Crippen LogP contribution in [0.4, 0.5) is 5.82 Å². The van der Waals surface area contributed by atoms with Crippen LogP contribution in [-0.2, 0) is 0 Å². The highest BCUT2D eigenvalue weighted by Gasteiger charge is 2.25. The van der Waals surface area contributed by atoms with Crippen molar-refractivity contribution in [3.8, 4) is 11.1 Å². The number of nitrogens with one attached hydrogen (secondary N) is 1. The van der Waals surface area contributed by atoms with Gasteiger partial charge in [0.25, 0.3) is 5.91 Å². The van der Waals surface area contributed by atoms with Gasteiger partial charge in [0.15, 0.2) is 0 Å². The van der Waals surface area contributed by atoms with Crippen LogP contribution in [0.25, 0.3) is 21.3 Å². The molecule has 1 amide bonds. The number of carbonyl (C=O) groups excluding carboxylic acids is 1. The van der Waals surface area contributed by atoms with Crippen molar-refractivity contribution >= 4 is 33.3 Å². The van der Waals surface area contributed by atoms with E-state index in [1.54, 1.807) is 11.3 Å². The van der Waals surface area contributed by atoms with Gasteiger partial charge in [-0.25, -0.2) is 9.97 Å². The first kappa shape index (κ1) is 19.7. The van der Waals surface area contributed by atoms with E-state index in [0.29, 0.717) is 5.56 Å². The zero-order chi connectivity index (χ0) is 21.2. The normalized spacial score (nSPS) is 14.7. The maximum atomic E-state index is 12.5.